The average Bonchev–Trinajstić information content (AvgIpc) is 2.71. The first-order valence-electron chi connectivity index (χ1n) is 9.33. The molecule has 0 saturated carbocycles. The first-order valence-corrected chi connectivity index (χ1v) is 9.33. The summed E-state index contributed by atoms with van der Waals surface area (Å²) in [5.41, 5.74) is 1.32. The van der Waals surface area contributed by atoms with Crippen LogP contribution < -0.4 is 25.5 Å². The summed E-state index contributed by atoms with van der Waals surface area (Å²) in [6.07, 6.45) is 2.02. The highest BCUT2D eigenvalue weighted by Crippen LogP contribution is 2.25. The van der Waals surface area contributed by atoms with Gasteiger partial charge in [-0.25, -0.2) is 10.1 Å². The third kappa shape index (κ3) is 7.31. The van der Waals surface area contributed by atoms with Crippen LogP contribution in [0.2, 0.25) is 0 Å². The van der Waals surface area contributed by atoms with Crippen LogP contribution in [0.3, 0.4) is 0 Å². The molecule has 0 spiro atoms. The lowest BCUT2D eigenvalue weighted by molar-refractivity contribution is -0.115. The van der Waals surface area contributed by atoms with E-state index in [1.165, 1.54) is 0 Å². The SMILES string of the molecule is CN/C=C\C(=[NH2+])NC(=O)c1cc(OCc2ccccc2)cc(OC(C)C(C)O)c1. The molecular formula is C22H28N3O4+. The first-order chi connectivity index (χ1) is 13.9. The van der Waals surface area contributed by atoms with Crippen LogP contribution in [0.25, 0.3) is 0 Å². The maximum absolute atomic E-state index is 12.6. The van der Waals surface area contributed by atoms with Crippen molar-refractivity contribution >= 4 is 11.7 Å². The number of ether oxygens (including phenoxy) is 2. The molecule has 0 aliphatic carbocycles. The van der Waals surface area contributed by atoms with E-state index in [1.807, 2.05) is 30.3 Å². The van der Waals surface area contributed by atoms with E-state index in [-0.39, 0.29) is 5.84 Å². The van der Waals surface area contributed by atoms with E-state index >= 15 is 0 Å². The number of nitrogens with two attached hydrogens (primary N) is 1. The zero-order valence-electron chi connectivity index (χ0n) is 16.9. The van der Waals surface area contributed by atoms with Crippen molar-refractivity contribution in [2.75, 3.05) is 7.05 Å². The molecule has 2 aromatic carbocycles. The summed E-state index contributed by atoms with van der Waals surface area (Å²) in [5.74, 6) is 0.680. The summed E-state index contributed by atoms with van der Waals surface area (Å²) in [6, 6.07) is 14.6. The summed E-state index contributed by atoms with van der Waals surface area (Å²) < 4.78 is 11.6. The van der Waals surface area contributed by atoms with Crippen molar-refractivity contribution in [3.63, 3.8) is 0 Å². The van der Waals surface area contributed by atoms with E-state index in [9.17, 15) is 9.90 Å². The van der Waals surface area contributed by atoms with Gasteiger partial charge in [0.1, 0.15) is 24.2 Å². The number of carbonyl (C=O) groups excluding carboxylic acids is 1. The number of aliphatic hydroxyl groups excluding tert-OH is 1. The minimum atomic E-state index is -0.670. The van der Waals surface area contributed by atoms with Gasteiger partial charge in [0.05, 0.1) is 11.7 Å². The van der Waals surface area contributed by atoms with E-state index in [0.29, 0.717) is 23.7 Å². The Balaban J connectivity index is 2.22. The Bertz CT molecular complexity index is 850. The molecule has 0 radical (unpaired) electrons. The summed E-state index contributed by atoms with van der Waals surface area (Å²) >= 11 is 0. The van der Waals surface area contributed by atoms with Gasteiger partial charge in [-0.3, -0.25) is 5.41 Å². The second-order valence-corrected chi connectivity index (χ2v) is 6.56. The number of hydrogen-bond acceptors (Lipinski definition) is 5. The van der Waals surface area contributed by atoms with Crippen molar-refractivity contribution in [2.24, 2.45) is 0 Å². The number of aliphatic hydroxyl groups is 1. The van der Waals surface area contributed by atoms with Crippen LogP contribution in [0, 0.1) is 0 Å². The minimum Gasteiger partial charge on any atom is -0.489 e. The van der Waals surface area contributed by atoms with Crippen LogP contribution in [0.1, 0.15) is 29.8 Å². The number of amidine groups is 1. The van der Waals surface area contributed by atoms with E-state index in [4.69, 9.17) is 14.9 Å². The minimum absolute atomic E-state index is 0.194. The maximum Gasteiger partial charge on any atom is 0.339 e. The van der Waals surface area contributed by atoms with Crippen molar-refractivity contribution in [1.82, 2.24) is 10.6 Å². The normalized spacial score (nSPS) is 12.8. The van der Waals surface area contributed by atoms with Gasteiger partial charge < -0.3 is 19.9 Å². The third-order valence-corrected chi connectivity index (χ3v) is 4.08. The molecule has 2 rings (SSSR count). The largest absolute Gasteiger partial charge is 0.489 e. The Hall–Kier alpha value is -3.32. The van der Waals surface area contributed by atoms with Gasteiger partial charge >= 0.3 is 5.91 Å². The second kappa shape index (κ2) is 10.9. The number of nitrogens with one attached hydrogen (secondary N) is 2. The highest BCUT2D eigenvalue weighted by atomic mass is 16.5. The molecule has 5 N–H and O–H groups in total. The molecule has 2 unspecified atom stereocenters. The molecule has 7 nitrogen and oxygen atoms in total. The van der Waals surface area contributed by atoms with E-state index < -0.39 is 18.1 Å². The summed E-state index contributed by atoms with van der Waals surface area (Å²) in [6.45, 7) is 3.73. The zero-order chi connectivity index (χ0) is 21.2. The fourth-order valence-corrected chi connectivity index (χ4v) is 2.33. The number of hydrogen-bond donors (Lipinski definition) is 4. The van der Waals surface area contributed by atoms with Gasteiger partial charge in [0, 0.05) is 25.4 Å². The van der Waals surface area contributed by atoms with Crippen molar-refractivity contribution in [1.29, 1.82) is 0 Å². The lowest BCUT2D eigenvalue weighted by atomic mass is 10.1. The third-order valence-electron chi connectivity index (χ3n) is 4.08. The van der Waals surface area contributed by atoms with Crippen molar-refractivity contribution < 1.29 is 24.8 Å². The fraction of sp³-hybridized carbons (Fsp3) is 0.273. The molecule has 2 atom stereocenters. The summed E-state index contributed by atoms with van der Waals surface area (Å²) in [7, 11) is 1.73. The highest BCUT2D eigenvalue weighted by molar-refractivity contribution is 6.08. The van der Waals surface area contributed by atoms with Gasteiger partial charge in [0.25, 0.3) is 5.84 Å². The Labute approximate surface area is 170 Å². The molecule has 0 heterocycles. The van der Waals surface area contributed by atoms with Crippen LogP contribution >= 0.6 is 0 Å². The molecule has 0 bridgehead atoms. The first kappa shape index (κ1) is 22.0. The molecule has 7 heteroatoms. The van der Waals surface area contributed by atoms with Crippen molar-refractivity contribution in [3.05, 3.63) is 71.9 Å². The highest BCUT2D eigenvalue weighted by Gasteiger charge is 2.18. The lowest BCUT2D eigenvalue weighted by Crippen LogP contribution is -2.49. The molecule has 0 fully saturated rings. The quantitative estimate of drug-likeness (QED) is 0.373. The topological polar surface area (TPSA) is 105 Å². The van der Waals surface area contributed by atoms with Gasteiger partial charge in [-0.1, -0.05) is 30.3 Å². The standard InChI is InChI=1S/C22H27N3O4/c1-15(26)16(2)29-20-12-18(22(27)25-21(23)9-10-24-3)11-19(13-20)28-14-17-7-5-4-6-8-17/h4-13,15-16,24,26H,14H2,1-3H3,(H2,23,25,27)/p+1/b10-9-. The van der Waals surface area contributed by atoms with Gasteiger partial charge in [0.2, 0.25) is 0 Å². The zero-order valence-corrected chi connectivity index (χ0v) is 16.9. The van der Waals surface area contributed by atoms with E-state index in [1.54, 1.807) is 51.4 Å². The lowest BCUT2D eigenvalue weighted by Gasteiger charge is -2.18. The van der Waals surface area contributed by atoms with Crippen LogP contribution in [-0.2, 0) is 6.61 Å². The second-order valence-electron chi connectivity index (χ2n) is 6.56. The predicted molar refractivity (Wildman–Crippen MR) is 112 cm³/mol. The van der Waals surface area contributed by atoms with Gasteiger partial charge in [-0.15, -0.1) is 0 Å². The Morgan fingerprint density at radius 2 is 1.86 bits per heavy atom. The van der Waals surface area contributed by atoms with Crippen LogP contribution in [-0.4, -0.2) is 36.1 Å². The molecular weight excluding hydrogens is 370 g/mol. The molecule has 1 amide bonds. The van der Waals surface area contributed by atoms with E-state index in [0.717, 1.165) is 5.56 Å². The summed E-state index contributed by atoms with van der Waals surface area (Å²) in [5, 5.41) is 20.9. The average molecular weight is 398 g/mol. The van der Waals surface area contributed by atoms with Crippen LogP contribution in [0.4, 0.5) is 0 Å². The Morgan fingerprint density at radius 3 is 2.52 bits per heavy atom. The van der Waals surface area contributed by atoms with Crippen LogP contribution in [0.5, 0.6) is 11.5 Å². The van der Waals surface area contributed by atoms with Gasteiger partial charge in [-0.05, 0) is 31.5 Å². The van der Waals surface area contributed by atoms with Gasteiger partial charge in [0.15, 0.2) is 0 Å². The van der Waals surface area contributed by atoms with Gasteiger partial charge in [-0.2, -0.15) is 0 Å². The molecule has 0 aromatic heterocycles. The molecule has 154 valence electrons. The smallest absolute Gasteiger partial charge is 0.339 e. The number of benzene rings is 2. The molecule has 29 heavy (non-hydrogen) atoms. The molecule has 0 saturated heterocycles. The molecule has 0 aliphatic rings. The molecule has 0 aliphatic heterocycles. The fourth-order valence-electron chi connectivity index (χ4n) is 2.33. The van der Waals surface area contributed by atoms with E-state index in [2.05, 4.69) is 10.6 Å². The molecule has 2 aromatic rings. The Morgan fingerprint density at radius 1 is 1.17 bits per heavy atom. The summed E-state index contributed by atoms with van der Waals surface area (Å²) in [4.78, 5) is 12.6. The monoisotopic (exact) mass is 398 g/mol. The van der Waals surface area contributed by atoms with Crippen molar-refractivity contribution in [2.45, 2.75) is 32.7 Å². The van der Waals surface area contributed by atoms with Crippen LogP contribution in [0.15, 0.2) is 60.8 Å². The maximum atomic E-state index is 12.6. The number of amides is 1. The number of rotatable bonds is 9. The van der Waals surface area contributed by atoms with Crippen molar-refractivity contribution in [3.8, 4) is 11.5 Å². The Kier molecular flexibility index (Phi) is 8.24. The predicted octanol–water partition coefficient (Wildman–Crippen LogP) is 1.03. The number of carbonyl (C=O) groups is 1.